The van der Waals surface area contributed by atoms with Gasteiger partial charge in [0.1, 0.15) is 11.4 Å². The van der Waals surface area contributed by atoms with E-state index in [9.17, 15) is 9.59 Å². The van der Waals surface area contributed by atoms with Crippen molar-refractivity contribution in [3.63, 3.8) is 0 Å². The smallest absolute Gasteiger partial charge is 0.270 e. The highest BCUT2D eigenvalue weighted by molar-refractivity contribution is 5.99. The second kappa shape index (κ2) is 10.5. The van der Waals surface area contributed by atoms with Crippen molar-refractivity contribution in [3.8, 4) is 11.3 Å². The fraction of sp³-hybridized carbons (Fsp3) is 0.286. The summed E-state index contributed by atoms with van der Waals surface area (Å²) < 4.78 is 2.06. The summed E-state index contributed by atoms with van der Waals surface area (Å²) in [6, 6.07) is 19.3. The number of pyridine rings is 2. The van der Waals surface area contributed by atoms with Crippen LogP contribution in [0.2, 0.25) is 0 Å². The summed E-state index contributed by atoms with van der Waals surface area (Å²) in [5.41, 5.74) is 4.05. The van der Waals surface area contributed by atoms with Crippen LogP contribution in [0.4, 0.5) is 0 Å². The van der Waals surface area contributed by atoms with E-state index in [1.165, 1.54) is 0 Å². The maximum absolute atomic E-state index is 13.1. The molecule has 0 spiro atoms. The summed E-state index contributed by atoms with van der Waals surface area (Å²) in [5.74, 6) is -0.350. The predicted octanol–water partition coefficient (Wildman–Crippen LogP) is 4.38. The third-order valence-electron chi connectivity index (χ3n) is 6.29. The zero-order chi connectivity index (χ0) is 24.9. The quantitative estimate of drug-likeness (QED) is 0.401. The van der Waals surface area contributed by atoms with Gasteiger partial charge in [0.25, 0.3) is 11.8 Å². The van der Waals surface area contributed by atoms with E-state index in [0.717, 1.165) is 27.9 Å². The molecule has 1 atom stereocenters. The maximum Gasteiger partial charge on any atom is 0.270 e. The van der Waals surface area contributed by atoms with Gasteiger partial charge in [0.05, 0.1) is 0 Å². The Kier molecular flexibility index (Phi) is 7.25. The average molecular weight is 470 g/mol. The van der Waals surface area contributed by atoms with Crippen LogP contribution >= 0.6 is 0 Å². The lowest BCUT2D eigenvalue weighted by Crippen LogP contribution is -2.37. The van der Waals surface area contributed by atoms with E-state index in [1.807, 2.05) is 70.3 Å². The van der Waals surface area contributed by atoms with Gasteiger partial charge in [-0.2, -0.15) is 0 Å². The van der Waals surface area contributed by atoms with E-state index >= 15 is 0 Å². The molecule has 0 saturated carbocycles. The first kappa shape index (κ1) is 24.1. The van der Waals surface area contributed by atoms with Gasteiger partial charge in [0, 0.05) is 60.1 Å². The molecule has 7 nitrogen and oxygen atoms in total. The highest BCUT2D eigenvalue weighted by atomic mass is 16.2. The standard InChI is InChI=1S/C28H31N5O2/c1-18(2)19(3)31-28(35)24-16-21(26-17-20-9-5-6-11-25(20)33(26)4)15-23(32-24)27(34)30-14-12-22-10-7-8-13-29-22/h5-11,13,15-19H,12,14H2,1-4H3,(H,30,34)(H,31,35). The summed E-state index contributed by atoms with van der Waals surface area (Å²) in [4.78, 5) is 34.8. The van der Waals surface area contributed by atoms with Crippen LogP contribution in [0.5, 0.6) is 0 Å². The second-order valence-corrected chi connectivity index (χ2v) is 9.11. The molecule has 1 unspecified atom stereocenters. The first-order valence-corrected chi connectivity index (χ1v) is 11.9. The van der Waals surface area contributed by atoms with Crippen molar-refractivity contribution in [1.29, 1.82) is 0 Å². The Morgan fingerprint density at radius 1 is 0.943 bits per heavy atom. The number of nitrogens with one attached hydrogen (secondary N) is 2. The molecule has 1 aromatic carbocycles. The molecule has 0 aliphatic carbocycles. The third-order valence-corrected chi connectivity index (χ3v) is 6.29. The molecule has 0 saturated heterocycles. The first-order chi connectivity index (χ1) is 16.8. The molecule has 0 radical (unpaired) electrons. The highest BCUT2D eigenvalue weighted by Crippen LogP contribution is 2.28. The number of para-hydroxylation sites is 1. The second-order valence-electron chi connectivity index (χ2n) is 9.11. The third kappa shape index (κ3) is 5.57. The molecule has 4 aromatic rings. The van der Waals surface area contributed by atoms with Gasteiger partial charge in [0.15, 0.2) is 0 Å². The van der Waals surface area contributed by atoms with Crippen LogP contribution in [0.15, 0.2) is 66.9 Å². The Hall–Kier alpha value is -4.00. The van der Waals surface area contributed by atoms with Crippen molar-refractivity contribution in [2.75, 3.05) is 6.54 Å². The zero-order valence-electron chi connectivity index (χ0n) is 20.6. The van der Waals surface area contributed by atoms with Crippen molar-refractivity contribution in [2.45, 2.75) is 33.2 Å². The molecule has 4 rings (SSSR count). The van der Waals surface area contributed by atoms with Gasteiger partial charge in [-0.25, -0.2) is 4.98 Å². The summed E-state index contributed by atoms with van der Waals surface area (Å²) in [6.45, 7) is 6.47. The van der Waals surface area contributed by atoms with E-state index in [0.29, 0.717) is 13.0 Å². The summed E-state index contributed by atoms with van der Waals surface area (Å²) >= 11 is 0. The van der Waals surface area contributed by atoms with Gasteiger partial charge in [-0.05, 0) is 49.2 Å². The SMILES string of the molecule is CC(C)C(C)NC(=O)c1cc(-c2cc3ccccc3n2C)cc(C(=O)NCCc2ccccn2)n1. The van der Waals surface area contributed by atoms with Crippen LogP contribution in [-0.2, 0) is 13.5 Å². The monoisotopic (exact) mass is 469 g/mol. The number of nitrogens with zero attached hydrogens (tertiary/aromatic N) is 3. The number of aromatic nitrogens is 3. The molecule has 0 fully saturated rings. The van der Waals surface area contributed by atoms with Gasteiger partial charge in [-0.1, -0.05) is 38.1 Å². The van der Waals surface area contributed by atoms with E-state index in [-0.39, 0.29) is 35.2 Å². The number of carbonyl (C=O) groups is 2. The lowest BCUT2D eigenvalue weighted by Gasteiger charge is -2.18. The van der Waals surface area contributed by atoms with Crippen LogP contribution < -0.4 is 10.6 Å². The molecule has 180 valence electrons. The van der Waals surface area contributed by atoms with E-state index in [1.54, 1.807) is 18.3 Å². The Labute approximate surface area is 205 Å². The Morgan fingerprint density at radius 2 is 1.66 bits per heavy atom. The molecule has 0 bridgehead atoms. The van der Waals surface area contributed by atoms with Gasteiger partial charge in [-0.15, -0.1) is 0 Å². The van der Waals surface area contributed by atoms with Crippen LogP contribution in [0, 0.1) is 5.92 Å². The zero-order valence-corrected chi connectivity index (χ0v) is 20.6. The molecule has 2 amide bonds. The van der Waals surface area contributed by atoms with Crippen LogP contribution in [-0.4, -0.2) is 38.9 Å². The number of rotatable bonds is 8. The fourth-order valence-corrected chi connectivity index (χ4v) is 3.87. The van der Waals surface area contributed by atoms with E-state index in [2.05, 4.69) is 31.2 Å². The molecule has 3 heterocycles. The van der Waals surface area contributed by atoms with E-state index in [4.69, 9.17) is 0 Å². The van der Waals surface area contributed by atoms with Crippen molar-refractivity contribution in [2.24, 2.45) is 13.0 Å². The Morgan fingerprint density at radius 3 is 2.34 bits per heavy atom. The lowest BCUT2D eigenvalue weighted by molar-refractivity contribution is 0.0924. The van der Waals surface area contributed by atoms with Gasteiger partial charge < -0.3 is 15.2 Å². The molecule has 3 aromatic heterocycles. The van der Waals surface area contributed by atoms with Crippen molar-refractivity contribution in [1.82, 2.24) is 25.2 Å². The van der Waals surface area contributed by atoms with Gasteiger partial charge in [0.2, 0.25) is 0 Å². The van der Waals surface area contributed by atoms with Crippen molar-refractivity contribution < 1.29 is 9.59 Å². The minimum atomic E-state index is -0.326. The summed E-state index contributed by atoms with van der Waals surface area (Å²) in [7, 11) is 1.98. The fourth-order valence-electron chi connectivity index (χ4n) is 3.87. The number of aryl methyl sites for hydroxylation is 1. The van der Waals surface area contributed by atoms with Gasteiger partial charge in [-0.3, -0.25) is 14.6 Å². The topological polar surface area (TPSA) is 88.9 Å². The molecule has 0 aliphatic rings. The molecular weight excluding hydrogens is 438 g/mol. The number of carbonyl (C=O) groups excluding carboxylic acids is 2. The summed E-state index contributed by atoms with van der Waals surface area (Å²) in [6.07, 6.45) is 2.34. The highest BCUT2D eigenvalue weighted by Gasteiger charge is 2.19. The molecule has 2 N–H and O–H groups in total. The Bertz CT molecular complexity index is 1340. The number of fused-ring (bicyclic) bond motifs is 1. The van der Waals surface area contributed by atoms with Crippen molar-refractivity contribution >= 4 is 22.7 Å². The van der Waals surface area contributed by atoms with E-state index < -0.39 is 0 Å². The Balaban J connectivity index is 1.66. The number of hydrogen-bond acceptors (Lipinski definition) is 4. The van der Waals surface area contributed by atoms with Crippen molar-refractivity contribution in [3.05, 3.63) is 83.9 Å². The number of benzene rings is 1. The maximum atomic E-state index is 13.1. The van der Waals surface area contributed by atoms with Crippen LogP contribution in [0.3, 0.4) is 0 Å². The van der Waals surface area contributed by atoms with Gasteiger partial charge >= 0.3 is 0 Å². The number of hydrogen-bond donors (Lipinski definition) is 2. The van der Waals surface area contributed by atoms with Crippen LogP contribution in [0.25, 0.3) is 22.2 Å². The molecule has 35 heavy (non-hydrogen) atoms. The molecule has 0 aliphatic heterocycles. The number of amides is 2. The first-order valence-electron chi connectivity index (χ1n) is 11.9. The molecule has 7 heteroatoms. The predicted molar refractivity (Wildman–Crippen MR) is 138 cm³/mol. The molecular formula is C28H31N5O2. The largest absolute Gasteiger partial charge is 0.350 e. The van der Waals surface area contributed by atoms with Crippen LogP contribution in [0.1, 0.15) is 47.4 Å². The normalized spacial score (nSPS) is 12.0. The average Bonchev–Trinajstić information content (AvgIpc) is 3.20. The minimum absolute atomic E-state index is 0.0266. The summed E-state index contributed by atoms with van der Waals surface area (Å²) in [5, 5.41) is 7.00. The lowest BCUT2D eigenvalue weighted by atomic mass is 10.1. The minimum Gasteiger partial charge on any atom is -0.350 e.